The number of nitrogens with zero attached hydrogens (tertiary/aromatic N) is 3. The molecule has 0 unspecified atom stereocenters. The third-order valence-electron chi connectivity index (χ3n) is 5.21. The van der Waals surface area contributed by atoms with Crippen LogP contribution in [-0.4, -0.2) is 20.5 Å². The number of rotatable bonds is 4. The summed E-state index contributed by atoms with van der Waals surface area (Å²) in [7, 11) is 0. The molecule has 0 radical (unpaired) electrons. The van der Waals surface area contributed by atoms with Crippen molar-refractivity contribution >= 4 is 11.6 Å². The Balaban J connectivity index is 1.63. The molecule has 0 aliphatic carbocycles. The van der Waals surface area contributed by atoms with Crippen LogP contribution in [0.2, 0.25) is 0 Å². The highest BCUT2D eigenvalue weighted by atomic mass is 19.4. The van der Waals surface area contributed by atoms with Gasteiger partial charge in [-0.1, -0.05) is 30.3 Å². The smallest absolute Gasteiger partial charge is 0.348 e. The van der Waals surface area contributed by atoms with Crippen LogP contribution in [0.5, 0.6) is 0 Å². The molecule has 2 aromatic carbocycles. The molecule has 1 amide bonds. The van der Waals surface area contributed by atoms with E-state index in [0.717, 1.165) is 28.5 Å². The molecule has 0 aliphatic rings. The number of nitrogens with one attached hydrogen (secondary N) is 1. The van der Waals surface area contributed by atoms with E-state index >= 15 is 0 Å². The average molecular weight is 424 g/mol. The van der Waals surface area contributed by atoms with Crippen molar-refractivity contribution in [1.82, 2.24) is 19.9 Å². The summed E-state index contributed by atoms with van der Waals surface area (Å²) in [6, 6.07) is 13.0. The first kappa shape index (κ1) is 20.6. The van der Waals surface area contributed by atoms with Gasteiger partial charge in [0.05, 0.1) is 17.5 Å². The van der Waals surface area contributed by atoms with Crippen LogP contribution >= 0.6 is 0 Å². The van der Waals surface area contributed by atoms with E-state index in [-0.39, 0.29) is 17.7 Å². The largest absolute Gasteiger partial charge is 0.416 e. The van der Waals surface area contributed by atoms with E-state index in [1.54, 1.807) is 16.8 Å². The Morgan fingerprint density at radius 1 is 1.06 bits per heavy atom. The number of carbonyl (C=O) groups excluding carboxylic acids is 1. The van der Waals surface area contributed by atoms with E-state index in [9.17, 15) is 18.0 Å². The van der Waals surface area contributed by atoms with Gasteiger partial charge in [0.15, 0.2) is 5.65 Å². The SMILES string of the molecule is Cc1ccc(-c2ccnc3c(C(=O)NCc4ccccc4C(F)(F)F)cnn23)cc1C. The lowest BCUT2D eigenvalue weighted by atomic mass is 10.0. The Kier molecular flexibility index (Phi) is 5.22. The van der Waals surface area contributed by atoms with Crippen molar-refractivity contribution in [3.63, 3.8) is 0 Å². The molecule has 158 valence electrons. The number of carbonyl (C=O) groups is 1. The monoisotopic (exact) mass is 424 g/mol. The third kappa shape index (κ3) is 4.01. The van der Waals surface area contributed by atoms with Crippen LogP contribution in [0, 0.1) is 13.8 Å². The predicted octanol–water partition coefficient (Wildman–Crippen LogP) is 4.96. The zero-order valence-corrected chi connectivity index (χ0v) is 16.9. The maximum Gasteiger partial charge on any atom is 0.416 e. The third-order valence-corrected chi connectivity index (χ3v) is 5.21. The fourth-order valence-electron chi connectivity index (χ4n) is 3.39. The number of halogens is 3. The van der Waals surface area contributed by atoms with Gasteiger partial charge in [0.2, 0.25) is 0 Å². The molecule has 31 heavy (non-hydrogen) atoms. The van der Waals surface area contributed by atoms with Gasteiger partial charge in [-0.2, -0.15) is 18.3 Å². The van der Waals surface area contributed by atoms with E-state index in [1.807, 2.05) is 32.0 Å². The highest BCUT2D eigenvalue weighted by Crippen LogP contribution is 2.31. The first-order valence-corrected chi connectivity index (χ1v) is 9.59. The van der Waals surface area contributed by atoms with Gasteiger partial charge in [-0.05, 0) is 48.7 Å². The summed E-state index contributed by atoms with van der Waals surface area (Å²) in [6.45, 7) is 3.77. The summed E-state index contributed by atoms with van der Waals surface area (Å²) in [5.74, 6) is -0.545. The van der Waals surface area contributed by atoms with Gasteiger partial charge in [0, 0.05) is 18.3 Å². The zero-order valence-electron chi connectivity index (χ0n) is 16.9. The molecule has 2 aromatic heterocycles. The van der Waals surface area contributed by atoms with Crippen LogP contribution in [0.15, 0.2) is 60.9 Å². The number of alkyl halides is 3. The van der Waals surface area contributed by atoms with Crippen LogP contribution in [0.3, 0.4) is 0 Å². The lowest BCUT2D eigenvalue weighted by molar-refractivity contribution is -0.138. The van der Waals surface area contributed by atoms with Gasteiger partial charge in [-0.25, -0.2) is 9.50 Å². The minimum Gasteiger partial charge on any atom is -0.348 e. The summed E-state index contributed by atoms with van der Waals surface area (Å²) in [6.07, 6.45) is -1.54. The summed E-state index contributed by atoms with van der Waals surface area (Å²) < 4.78 is 41.1. The Hall–Kier alpha value is -3.68. The van der Waals surface area contributed by atoms with E-state index in [1.165, 1.54) is 24.4 Å². The van der Waals surface area contributed by atoms with Gasteiger partial charge >= 0.3 is 6.18 Å². The van der Waals surface area contributed by atoms with Crippen LogP contribution in [-0.2, 0) is 12.7 Å². The number of aromatic nitrogens is 3. The predicted molar refractivity (Wildman–Crippen MR) is 111 cm³/mol. The van der Waals surface area contributed by atoms with Gasteiger partial charge in [-0.15, -0.1) is 0 Å². The van der Waals surface area contributed by atoms with E-state index in [0.29, 0.717) is 5.65 Å². The minimum atomic E-state index is -4.49. The molecule has 0 aliphatic heterocycles. The van der Waals surface area contributed by atoms with Gasteiger partial charge in [0.1, 0.15) is 5.56 Å². The van der Waals surface area contributed by atoms with Gasteiger partial charge in [0.25, 0.3) is 5.91 Å². The molecule has 4 rings (SSSR count). The fraction of sp³-hybridized carbons (Fsp3) is 0.174. The molecule has 0 saturated heterocycles. The quantitative estimate of drug-likeness (QED) is 0.504. The minimum absolute atomic E-state index is 0.0106. The summed E-state index contributed by atoms with van der Waals surface area (Å²) in [5.41, 5.74) is 3.70. The first-order valence-electron chi connectivity index (χ1n) is 9.59. The van der Waals surface area contributed by atoms with Crippen molar-refractivity contribution in [2.75, 3.05) is 0 Å². The van der Waals surface area contributed by atoms with Gasteiger partial charge < -0.3 is 5.32 Å². The van der Waals surface area contributed by atoms with E-state index in [4.69, 9.17) is 0 Å². The summed E-state index contributed by atoms with van der Waals surface area (Å²) >= 11 is 0. The van der Waals surface area contributed by atoms with Crippen LogP contribution in [0.4, 0.5) is 13.2 Å². The highest BCUT2D eigenvalue weighted by Gasteiger charge is 2.32. The Morgan fingerprint density at radius 2 is 1.84 bits per heavy atom. The Morgan fingerprint density at radius 3 is 2.58 bits per heavy atom. The second-order valence-corrected chi connectivity index (χ2v) is 7.26. The van der Waals surface area contributed by atoms with Crippen molar-refractivity contribution in [1.29, 1.82) is 0 Å². The lowest BCUT2D eigenvalue weighted by Crippen LogP contribution is -2.24. The van der Waals surface area contributed by atoms with Crippen LogP contribution in [0.1, 0.15) is 32.6 Å². The summed E-state index contributed by atoms with van der Waals surface area (Å²) in [4.78, 5) is 17.0. The number of fused-ring (bicyclic) bond motifs is 1. The number of hydrogen-bond acceptors (Lipinski definition) is 3. The second kappa shape index (κ2) is 7.86. The maximum atomic E-state index is 13.2. The standard InChI is InChI=1S/C23H19F3N4O/c1-14-7-8-16(11-15(14)2)20-9-10-27-21-18(13-29-30(20)21)22(31)28-12-17-5-3-4-6-19(17)23(24,25)26/h3-11,13H,12H2,1-2H3,(H,28,31). The molecule has 8 heteroatoms. The van der Waals surface area contributed by atoms with Crippen LogP contribution < -0.4 is 5.32 Å². The molecule has 4 aromatic rings. The van der Waals surface area contributed by atoms with Crippen molar-refractivity contribution in [3.05, 3.63) is 88.7 Å². The van der Waals surface area contributed by atoms with Crippen molar-refractivity contribution in [2.45, 2.75) is 26.6 Å². The maximum absolute atomic E-state index is 13.2. The topological polar surface area (TPSA) is 59.3 Å². The normalized spacial score (nSPS) is 11.6. The fourth-order valence-corrected chi connectivity index (χ4v) is 3.39. The Bertz CT molecular complexity index is 1280. The molecule has 0 spiro atoms. The van der Waals surface area contributed by atoms with Crippen molar-refractivity contribution in [3.8, 4) is 11.3 Å². The lowest BCUT2D eigenvalue weighted by Gasteiger charge is -2.13. The van der Waals surface area contributed by atoms with Crippen molar-refractivity contribution < 1.29 is 18.0 Å². The summed E-state index contributed by atoms with van der Waals surface area (Å²) in [5, 5.41) is 6.84. The Labute approximate surface area is 176 Å². The molecule has 0 saturated carbocycles. The molecular formula is C23H19F3N4O. The second-order valence-electron chi connectivity index (χ2n) is 7.26. The molecule has 2 heterocycles. The van der Waals surface area contributed by atoms with E-state index < -0.39 is 17.6 Å². The molecular weight excluding hydrogens is 405 g/mol. The highest BCUT2D eigenvalue weighted by molar-refractivity contribution is 5.99. The number of hydrogen-bond donors (Lipinski definition) is 1. The molecule has 0 fully saturated rings. The number of benzene rings is 2. The molecule has 0 atom stereocenters. The first-order chi connectivity index (χ1) is 14.8. The molecule has 0 bridgehead atoms. The van der Waals surface area contributed by atoms with Crippen molar-refractivity contribution in [2.24, 2.45) is 0 Å². The molecule has 5 nitrogen and oxygen atoms in total. The molecule has 1 N–H and O–H groups in total. The zero-order chi connectivity index (χ0) is 22.2. The van der Waals surface area contributed by atoms with Gasteiger partial charge in [-0.3, -0.25) is 4.79 Å². The van der Waals surface area contributed by atoms with Crippen LogP contribution in [0.25, 0.3) is 16.9 Å². The number of amides is 1. The van der Waals surface area contributed by atoms with E-state index in [2.05, 4.69) is 15.4 Å². The average Bonchev–Trinajstić information content (AvgIpc) is 3.18. The number of aryl methyl sites for hydroxylation is 2.